The third kappa shape index (κ3) is 7.56. The highest BCUT2D eigenvalue weighted by molar-refractivity contribution is 7.89. The van der Waals surface area contributed by atoms with Gasteiger partial charge in [-0.15, -0.1) is 0 Å². The summed E-state index contributed by atoms with van der Waals surface area (Å²) in [5.74, 6) is 1.15. The van der Waals surface area contributed by atoms with Crippen molar-refractivity contribution in [1.82, 2.24) is 20.2 Å². The van der Waals surface area contributed by atoms with Gasteiger partial charge in [-0.25, -0.2) is 13.1 Å². The van der Waals surface area contributed by atoms with Crippen LogP contribution in [0.1, 0.15) is 38.4 Å². The topological polar surface area (TPSA) is 97.1 Å². The van der Waals surface area contributed by atoms with Crippen molar-refractivity contribution in [3.8, 4) is 0 Å². The highest BCUT2D eigenvalue weighted by Gasteiger charge is 2.10. The van der Waals surface area contributed by atoms with E-state index in [0.29, 0.717) is 30.6 Å². The van der Waals surface area contributed by atoms with E-state index in [2.05, 4.69) is 34.0 Å². The molecule has 8 heteroatoms. The zero-order valence-corrected chi connectivity index (χ0v) is 13.2. The molecule has 0 spiro atoms. The summed E-state index contributed by atoms with van der Waals surface area (Å²) in [5.41, 5.74) is 0. The summed E-state index contributed by atoms with van der Waals surface area (Å²) in [6.07, 6.45) is 1.91. The van der Waals surface area contributed by atoms with Crippen LogP contribution in [0.3, 0.4) is 0 Å². The van der Waals surface area contributed by atoms with E-state index >= 15 is 0 Å². The zero-order chi connectivity index (χ0) is 15.0. The molecule has 0 aromatic carbocycles. The fraction of sp³-hybridized carbons (Fsp3) is 0.833. The van der Waals surface area contributed by atoms with Crippen LogP contribution in [0.2, 0.25) is 0 Å². The van der Waals surface area contributed by atoms with Gasteiger partial charge in [-0.3, -0.25) is 0 Å². The second-order valence-electron chi connectivity index (χ2n) is 5.01. The molecule has 0 aliphatic rings. The third-order valence-corrected chi connectivity index (χ3v) is 4.09. The second kappa shape index (κ2) is 8.33. The smallest absolute Gasteiger partial charge is 0.227 e. The van der Waals surface area contributed by atoms with Crippen LogP contribution in [0.15, 0.2) is 4.52 Å². The Morgan fingerprint density at radius 2 is 2.00 bits per heavy atom. The molecule has 7 nitrogen and oxygen atoms in total. The molecule has 0 saturated heterocycles. The van der Waals surface area contributed by atoms with Gasteiger partial charge in [0.05, 0.1) is 5.75 Å². The Labute approximate surface area is 120 Å². The number of hydrogen-bond acceptors (Lipinski definition) is 6. The normalized spacial score (nSPS) is 12.2. The Morgan fingerprint density at radius 3 is 2.60 bits per heavy atom. The third-order valence-electron chi connectivity index (χ3n) is 2.62. The van der Waals surface area contributed by atoms with Crippen molar-refractivity contribution in [3.63, 3.8) is 0 Å². The maximum absolute atomic E-state index is 11.7. The van der Waals surface area contributed by atoms with Crippen LogP contribution in [-0.2, 0) is 16.4 Å². The highest BCUT2D eigenvalue weighted by atomic mass is 32.2. The van der Waals surface area contributed by atoms with Crippen LogP contribution < -0.4 is 10.0 Å². The lowest BCUT2D eigenvalue weighted by Crippen LogP contribution is -2.29. The van der Waals surface area contributed by atoms with Gasteiger partial charge in [0.2, 0.25) is 15.9 Å². The lowest BCUT2D eigenvalue weighted by atomic mass is 10.3. The average Bonchev–Trinajstić information content (AvgIpc) is 2.74. The van der Waals surface area contributed by atoms with Gasteiger partial charge in [0.25, 0.3) is 0 Å². The molecule has 0 aliphatic carbocycles. The van der Waals surface area contributed by atoms with Crippen LogP contribution in [0, 0.1) is 6.92 Å². The number of rotatable bonds is 10. The standard InChI is InChI=1S/C12H24N4O3S/c1-10(2)13-7-4-5-9-20(17,18)14-8-6-12-15-11(3)16-19-12/h10,13-14H,4-9H2,1-3H3. The number of aromatic nitrogens is 2. The molecule has 1 heterocycles. The summed E-state index contributed by atoms with van der Waals surface area (Å²) in [6.45, 7) is 6.99. The summed E-state index contributed by atoms with van der Waals surface area (Å²) >= 11 is 0. The lowest BCUT2D eigenvalue weighted by Gasteiger charge is -2.08. The monoisotopic (exact) mass is 304 g/mol. The summed E-state index contributed by atoms with van der Waals surface area (Å²) in [5, 5.41) is 6.90. The molecule has 0 unspecified atom stereocenters. The molecule has 116 valence electrons. The van der Waals surface area contributed by atoms with E-state index in [1.165, 1.54) is 0 Å². The Morgan fingerprint density at radius 1 is 1.25 bits per heavy atom. The highest BCUT2D eigenvalue weighted by Crippen LogP contribution is 1.98. The molecule has 0 aliphatic heterocycles. The average molecular weight is 304 g/mol. The molecule has 0 bridgehead atoms. The van der Waals surface area contributed by atoms with E-state index in [1.807, 2.05) is 0 Å². The molecule has 0 fully saturated rings. The van der Waals surface area contributed by atoms with E-state index < -0.39 is 10.0 Å². The minimum atomic E-state index is -3.21. The van der Waals surface area contributed by atoms with Crippen molar-refractivity contribution < 1.29 is 12.9 Å². The molecular formula is C12H24N4O3S. The Hall–Kier alpha value is -0.990. The van der Waals surface area contributed by atoms with E-state index in [-0.39, 0.29) is 12.3 Å². The number of unbranched alkanes of at least 4 members (excludes halogenated alkanes) is 1. The van der Waals surface area contributed by atoms with E-state index in [1.54, 1.807) is 6.92 Å². The van der Waals surface area contributed by atoms with Gasteiger partial charge in [-0.2, -0.15) is 4.98 Å². The van der Waals surface area contributed by atoms with Crippen LogP contribution in [0.5, 0.6) is 0 Å². The Balaban J connectivity index is 2.14. The zero-order valence-electron chi connectivity index (χ0n) is 12.3. The van der Waals surface area contributed by atoms with Gasteiger partial charge in [0.15, 0.2) is 5.82 Å². The molecule has 1 rings (SSSR count). The van der Waals surface area contributed by atoms with Gasteiger partial charge >= 0.3 is 0 Å². The molecule has 1 aromatic heterocycles. The maximum Gasteiger partial charge on any atom is 0.227 e. The first-order valence-corrected chi connectivity index (χ1v) is 8.54. The molecule has 0 radical (unpaired) electrons. The molecule has 1 aromatic rings. The predicted octanol–water partition coefficient (Wildman–Crippen LogP) is 0.618. The number of hydrogen-bond donors (Lipinski definition) is 2. The van der Waals surface area contributed by atoms with Gasteiger partial charge in [-0.05, 0) is 26.3 Å². The molecule has 0 saturated carbocycles. The first-order chi connectivity index (χ1) is 9.39. The van der Waals surface area contributed by atoms with Gasteiger partial charge in [-0.1, -0.05) is 19.0 Å². The molecule has 0 amide bonds. The van der Waals surface area contributed by atoms with Crippen LogP contribution in [0.4, 0.5) is 0 Å². The maximum atomic E-state index is 11.7. The SMILES string of the molecule is Cc1noc(CCNS(=O)(=O)CCCCNC(C)C)n1. The van der Waals surface area contributed by atoms with Gasteiger partial charge in [0, 0.05) is 19.0 Å². The van der Waals surface area contributed by atoms with Crippen LogP contribution >= 0.6 is 0 Å². The van der Waals surface area contributed by atoms with Gasteiger partial charge < -0.3 is 9.84 Å². The number of nitrogens with zero attached hydrogens (tertiary/aromatic N) is 2. The van der Waals surface area contributed by atoms with Crippen LogP contribution in [-0.4, -0.2) is 43.4 Å². The largest absolute Gasteiger partial charge is 0.339 e. The second-order valence-corrected chi connectivity index (χ2v) is 6.94. The minimum absolute atomic E-state index is 0.148. The van der Waals surface area contributed by atoms with E-state index in [0.717, 1.165) is 13.0 Å². The first kappa shape index (κ1) is 17.1. The van der Waals surface area contributed by atoms with Crippen molar-refractivity contribution in [2.24, 2.45) is 0 Å². The summed E-state index contributed by atoms with van der Waals surface area (Å²) in [6, 6.07) is 0.433. The van der Waals surface area contributed by atoms with Gasteiger partial charge in [0.1, 0.15) is 0 Å². The first-order valence-electron chi connectivity index (χ1n) is 6.89. The summed E-state index contributed by atoms with van der Waals surface area (Å²) in [4.78, 5) is 4.01. The van der Waals surface area contributed by atoms with Crippen LogP contribution in [0.25, 0.3) is 0 Å². The summed E-state index contributed by atoms with van der Waals surface area (Å²) < 4.78 is 30.9. The molecule has 0 atom stereocenters. The lowest BCUT2D eigenvalue weighted by molar-refractivity contribution is 0.375. The quantitative estimate of drug-likeness (QED) is 0.615. The summed E-state index contributed by atoms with van der Waals surface area (Å²) in [7, 11) is -3.21. The van der Waals surface area contributed by atoms with Crippen molar-refractivity contribution >= 4 is 10.0 Å². The number of aryl methyl sites for hydroxylation is 1. The van der Waals surface area contributed by atoms with Crippen molar-refractivity contribution in [3.05, 3.63) is 11.7 Å². The Bertz CT molecular complexity index is 485. The fourth-order valence-corrected chi connectivity index (χ4v) is 2.78. The molecule has 2 N–H and O–H groups in total. The van der Waals surface area contributed by atoms with Crippen molar-refractivity contribution in [2.45, 2.75) is 46.1 Å². The minimum Gasteiger partial charge on any atom is -0.339 e. The predicted molar refractivity (Wildman–Crippen MR) is 76.9 cm³/mol. The number of nitrogens with one attached hydrogen (secondary N) is 2. The van der Waals surface area contributed by atoms with E-state index in [4.69, 9.17) is 4.52 Å². The fourth-order valence-electron chi connectivity index (χ4n) is 1.64. The Kier molecular flexibility index (Phi) is 7.11. The van der Waals surface area contributed by atoms with Crippen molar-refractivity contribution in [2.75, 3.05) is 18.8 Å². The molecule has 20 heavy (non-hydrogen) atoms. The van der Waals surface area contributed by atoms with Crippen molar-refractivity contribution in [1.29, 1.82) is 0 Å². The molecular weight excluding hydrogens is 280 g/mol. The number of sulfonamides is 1. The van der Waals surface area contributed by atoms with E-state index in [9.17, 15) is 8.42 Å².